The fourth-order valence-corrected chi connectivity index (χ4v) is 5.87. The van der Waals surface area contributed by atoms with Crippen molar-refractivity contribution in [3.8, 4) is 17.0 Å². The van der Waals surface area contributed by atoms with Gasteiger partial charge in [-0.25, -0.2) is 15.0 Å². The summed E-state index contributed by atoms with van der Waals surface area (Å²) in [6.07, 6.45) is 5.91. The molecule has 0 spiro atoms. The Morgan fingerprint density at radius 3 is 2.73 bits per heavy atom. The lowest BCUT2D eigenvalue weighted by Crippen LogP contribution is -2.14. The second-order valence-electron chi connectivity index (χ2n) is 8.00. The van der Waals surface area contributed by atoms with E-state index in [4.69, 9.17) is 14.7 Å². The maximum Gasteiger partial charge on any atom is 0.228 e. The molecule has 5 rings (SSSR count). The number of imidazole rings is 2. The number of fused-ring (bicyclic) bond motifs is 1. The van der Waals surface area contributed by atoms with Gasteiger partial charge >= 0.3 is 0 Å². The number of amides is 1. The molecule has 1 atom stereocenters. The minimum atomic E-state index is 0.0191. The van der Waals surface area contributed by atoms with Gasteiger partial charge in [-0.2, -0.15) is 0 Å². The number of rotatable bonds is 7. The molecule has 3 heterocycles. The van der Waals surface area contributed by atoms with E-state index in [0.29, 0.717) is 17.9 Å². The summed E-state index contributed by atoms with van der Waals surface area (Å²) in [5.41, 5.74) is 5.03. The number of pyridine rings is 1. The third kappa shape index (κ3) is 4.29. The largest absolute Gasteiger partial charge is 0.495 e. The van der Waals surface area contributed by atoms with E-state index in [1.807, 2.05) is 49.0 Å². The van der Waals surface area contributed by atoms with Crippen LogP contribution in [0.1, 0.15) is 18.7 Å². The van der Waals surface area contributed by atoms with E-state index in [-0.39, 0.29) is 11.8 Å². The number of hydrogen-bond acceptors (Lipinski definition) is 6. The van der Waals surface area contributed by atoms with Crippen LogP contribution in [-0.4, -0.2) is 36.9 Å². The monoisotopic (exact) mass is 575 g/mol. The van der Waals surface area contributed by atoms with Crippen molar-refractivity contribution in [3.63, 3.8) is 0 Å². The number of methoxy groups -OCH3 is 1. The number of anilines is 3. The van der Waals surface area contributed by atoms with Crippen molar-refractivity contribution in [2.24, 2.45) is 13.0 Å². The maximum atomic E-state index is 12.4. The summed E-state index contributed by atoms with van der Waals surface area (Å²) in [4.78, 5) is 26.1. The van der Waals surface area contributed by atoms with Crippen LogP contribution in [0, 0.1) is 12.8 Å². The standard InChI is InChI=1S/C22H23IN7O2P/c1-12-25-20-16(9-19(27-21(20)30(12)33-23)28-22(31)13-4-5-13)26-15-7-6-14(8-18(15)32-3)17-10-24-11-29(17)2/h6-11,13,33H,4-5H2,1-3H3,(H2,26,27,28,31). The first-order valence-electron chi connectivity index (χ1n) is 10.5. The van der Waals surface area contributed by atoms with Gasteiger partial charge in [0.2, 0.25) is 5.91 Å². The summed E-state index contributed by atoms with van der Waals surface area (Å²) in [6, 6.07) is 7.81. The lowest BCUT2D eigenvalue weighted by Gasteiger charge is -2.15. The molecular formula is C22H23IN7O2P. The molecule has 2 N–H and O–H groups in total. The molecule has 1 aliphatic rings. The molecule has 9 nitrogen and oxygen atoms in total. The van der Waals surface area contributed by atoms with Gasteiger partial charge in [-0.1, -0.05) is 6.07 Å². The van der Waals surface area contributed by atoms with E-state index >= 15 is 0 Å². The van der Waals surface area contributed by atoms with Crippen LogP contribution < -0.4 is 15.4 Å². The Morgan fingerprint density at radius 2 is 2.06 bits per heavy atom. The molecule has 3 aromatic heterocycles. The summed E-state index contributed by atoms with van der Waals surface area (Å²) in [5.74, 6) is 2.19. The highest BCUT2D eigenvalue weighted by molar-refractivity contribution is 14.2. The smallest absolute Gasteiger partial charge is 0.228 e. The number of hydrogen-bond donors (Lipinski definition) is 2. The Morgan fingerprint density at radius 1 is 1.24 bits per heavy atom. The summed E-state index contributed by atoms with van der Waals surface area (Å²) in [6.45, 7) is 1.96. The van der Waals surface area contributed by atoms with Crippen LogP contribution in [-0.2, 0) is 11.8 Å². The van der Waals surface area contributed by atoms with Crippen molar-refractivity contribution in [1.29, 1.82) is 0 Å². The molecule has 11 heteroatoms. The quantitative estimate of drug-likeness (QED) is 0.237. The zero-order valence-electron chi connectivity index (χ0n) is 18.4. The van der Waals surface area contributed by atoms with Crippen LogP contribution >= 0.6 is 28.4 Å². The second kappa shape index (κ2) is 8.90. The first-order chi connectivity index (χ1) is 16.0. The average Bonchev–Trinajstić information content (AvgIpc) is 3.49. The van der Waals surface area contributed by atoms with Crippen molar-refractivity contribution in [2.45, 2.75) is 19.8 Å². The van der Waals surface area contributed by atoms with Gasteiger partial charge < -0.3 is 19.9 Å². The number of halogens is 1. The van der Waals surface area contributed by atoms with Crippen LogP contribution in [0.4, 0.5) is 17.2 Å². The molecule has 33 heavy (non-hydrogen) atoms. The Balaban J connectivity index is 1.56. The molecule has 0 aliphatic heterocycles. The van der Waals surface area contributed by atoms with Gasteiger partial charge in [0.1, 0.15) is 22.9 Å². The van der Waals surface area contributed by atoms with Crippen LogP contribution in [0.5, 0.6) is 5.75 Å². The van der Waals surface area contributed by atoms with Crippen LogP contribution in [0.3, 0.4) is 0 Å². The lowest BCUT2D eigenvalue weighted by atomic mass is 10.1. The third-order valence-electron chi connectivity index (χ3n) is 5.65. The minimum absolute atomic E-state index is 0.0191. The molecule has 0 saturated heterocycles. The summed E-state index contributed by atoms with van der Waals surface area (Å²) >= 11 is 2.32. The molecule has 1 fully saturated rings. The lowest BCUT2D eigenvalue weighted by molar-refractivity contribution is -0.117. The Kier molecular flexibility index (Phi) is 5.96. The summed E-state index contributed by atoms with van der Waals surface area (Å²) < 4.78 is 9.70. The molecular weight excluding hydrogens is 552 g/mol. The fraction of sp³-hybridized carbons (Fsp3) is 0.273. The summed E-state index contributed by atoms with van der Waals surface area (Å²) in [7, 11) is 3.60. The van der Waals surface area contributed by atoms with E-state index in [9.17, 15) is 4.79 Å². The van der Waals surface area contributed by atoms with E-state index < -0.39 is 0 Å². The van der Waals surface area contributed by atoms with E-state index in [1.165, 1.54) is 0 Å². The van der Waals surface area contributed by atoms with Gasteiger partial charge in [0, 0.05) is 24.6 Å². The molecule has 1 aliphatic carbocycles. The molecule has 1 amide bonds. The number of nitrogens with one attached hydrogen (secondary N) is 2. The van der Waals surface area contributed by atoms with E-state index in [0.717, 1.165) is 52.5 Å². The number of aromatic nitrogens is 5. The first-order valence-corrected chi connectivity index (χ1v) is 14.5. The Labute approximate surface area is 205 Å². The highest BCUT2D eigenvalue weighted by Crippen LogP contribution is 2.38. The van der Waals surface area contributed by atoms with Crippen molar-refractivity contribution in [2.75, 3.05) is 17.7 Å². The zero-order chi connectivity index (χ0) is 23.1. The van der Waals surface area contributed by atoms with Gasteiger partial charge in [0.15, 0.2) is 5.65 Å². The molecule has 0 bridgehead atoms. The van der Waals surface area contributed by atoms with E-state index in [2.05, 4.69) is 42.0 Å². The average molecular weight is 575 g/mol. The number of benzene rings is 1. The van der Waals surface area contributed by atoms with Gasteiger partial charge in [-0.3, -0.25) is 9.13 Å². The maximum absolute atomic E-state index is 12.4. The van der Waals surface area contributed by atoms with Crippen molar-refractivity contribution in [1.82, 2.24) is 23.9 Å². The number of aryl methyl sites for hydroxylation is 2. The molecule has 170 valence electrons. The fourth-order valence-electron chi connectivity index (χ4n) is 3.72. The van der Waals surface area contributed by atoms with Crippen molar-refractivity contribution in [3.05, 3.63) is 42.6 Å². The molecule has 4 aromatic rings. The van der Waals surface area contributed by atoms with Gasteiger partial charge in [-0.05, 0) is 53.9 Å². The second-order valence-corrected chi connectivity index (χ2v) is 10.1. The normalized spacial score (nSPS) is 13.7. The number of nitrogens with zero attached hydrogens (tertiary/aromatic N) is 5. The van der Waals surface area contributed by atoms with Crippen molar-refractivity contribution >= 4 is 62.7 Å². The highest BCUT2D eigenvalue weighted by atomic mass is 127. The molecule has 1 unspecified atom stereocenters. The SMILES string of the molecule is COc1cc(-c2cncn2C)ccc1Nc1cc(NC(=O)C2CC2)nc2c1nc(C)n2PI. The minimum Gasteiger partial charge on any atom is -0.495 e. The molecule has 0 radical (unpaired) electrons. The van der Waals surface area contributed by atoms with Crippen LogP contribution in [0.15, 0.2) is 36.8 Å². The summed E-state index contributed by atoms with van der Waals surface area (Å²) in [5, 5.41) is 6.44. The van der Waals surface area contributed by atoms with Gasteiger partial charge in [0.25, 0.3) is 0 Å². The van der Waals surface area contributed by atoms with Gasteiger partial charge in [-0.15, -0.1) is 0 Å². The topological polar surface area (TPSA) is 98.9 Å². The number of carbonyl (C=O) groups is 1. The van der Waals surface area contributed by atoms with Crippen molar-refractivity contribution < 1.29 is 9.53 Å². The Bertz CT molecular complexity index is 1360. The Hall–Kier alpha value is -2.72. The van der Waals surface area contributed by atoms with Gasteiger partial charge in [0.05, 0.1) is 43.1 Å². The highest BCUT2D eigenvalue weighted by Gasteiger charge is 2.30. The van der Waals surface area contributed by atoms with Crippen LogP contribution in [0.2, 0.25) is 0 Å². The van der Waals surface area contributed by atoms with E-state index in [1.54, 1.807) is 13.4 Å². The van der Waals surface area contributed by atoms with Crippen LogP contribution in [0.25, 0.3) is 22.4 Å². The number of carbonyl (C=O) groups excluding carboxylic acids is 1. The molecule has 1 saturated carbocycles. The third-order valence-corrected chi connectivity index (χ3v) is 7.80. The first kappa shape index (κ1) is 22.1. The predicted octanol–water partition coefficient (Wildman–Crippen LogP) is 5.03. The predicted molar refractivity (Wildman–Crippen MR) is 140 cm³/mol. The molecule has 1 aromatic carbocycles. The number of ether oxygens (including phenoxy) is 1. The zero-order valence-corrected chi connectivity index (χ0v) is 21.5.